The van der Waals surface area contributed by atoms with Crippen LogP contribution in [-0.2, 0) is 14.4 Å². The molecule has 0 spiro atoms. The Kier molecular flexibility index (Phi) is 6.21. The van der Waals surface area contributed by atoms with Crippen molar-refractivity contribution in [1.82, 2.24) is 15.1 Å². The van der Waals surface area contributed by atoms with Crippen LogP contribution in [-0.4, -0.2) is 66.9 Å². The van der Waals surface area contributed by atoms with E-state index in [4.69, 9.17) is 4.74 Å². The number of likely N-dealkylation sites (tertiary alicyclic amines) is 2. The normalized spacial score (nSPS) is 22.8. The molecule has 0 unspecified atom stereocenters. The summed E-state index contributed by atoms with van der Waals surface area (Å²) in [5.41, 5.74) is 1.08. The monoisotopic (exact) mass is 387 g/mol. The topological polar surface area (TPSA) is 79.0 Å². The first-order valence-electron chi connectivity index (χ1n) is 9.84. The average Bonchev–Trinajstić information content (AvgIpc) is 3.10. The predicted octanol–water partition coefficient (Wildman–Crippen LogP) is 1.38. The summed E-state index contributed by atoms with van der Waals surface area (Å²) in [5, 5.41) is 3.01. The lowest BCUT2D eigenvalue weighted by Gasteiger charge is -2.32. The van der Waals surface area contributed by atoms with Gasteiger partial charge in [-0.1, -0.05) is 12.1 Å². The second kappa shape index (κ2) is 8.63. The summed E-state index contributed by atoms with van der Waals surface area (Å²) in [6.07, 6.45) is 1.40. The molecule has 2 atom stereocenters. The molecule has 0 aliphatic carbocycles. The van der Waals surface area contributed by atoms with Crippen molar-refractivity contribution in [2.24, 2.45) is 5.92 Å². The fourth-order valence-corrected chi connectivity index (χ4v) is 4.28. The SMILES string of the molecule is COc1ccc([C@@H]2CN(C(=O)C3CCN(C(C)=O)CC3)C[C@H]2NC(C)=O)cc1. The Morgan fingerprint density at radius 3 is 2.18 bits per heavy atom. The molecule has 3 rings (SSSR count). The van der Waals surface area contributed by atoms with Gasteiger partial charge in [0.1, 0.15) is 5.75 Å². The predicted molar refractivity (Wildman–Crippen MR) is 105 cm³/mol. The molecule has 1 aromatic rings. The highest BCUT2D eigenvalue weighted by molar-refractivity contribution is 5.80. The molecule has 1 aromatic carbocycles. The Morgan fingerprint density at radius 1 is 1.00 bits per heavy atom. The fraction of sp³-hybridized carbons (Fsp3) is 0.571. The zero-order chi connectivity index (χ0) is 20.3. The number of benzene rings is 1. The molecule has 2 heterocycles. The maximum absolute atomic E-state index is 13.1. The van der Waals surface area contributed by atoms with Crippen molar-refractivity contribution < 1.29 is 19.1 Å². The van der Waals surface area contributed by atoms with Crippen LogP contribution in [0.4, 0.5) is 0 Å². The number of carbonyl (C=O) groups excluding carboxylic acids is 3. The first-order chi connectivity index (χ1) is 13.4. The standard InChI is InChI=1S/C21H29N3O4/c1-14(25)22-20-13-24(12-19(20)16-4-6-18(28-3)7-5-16)21(27)17-8-10-23(11-9-17)15(2)26/h4-7,17,19-20H,8-13H2,1-3H3,(H,22,25)/t19-,20+/m0/s1. The molecular formula is C21H29N3O4. The third-order valence-corrected chi connectivity index (χ3v) is 5.85. The summed E-state index contributed by atoms with van der Waals surface area (Å²) in [6.45, 7) is 5.45. The van der Waals surface area contributed by atoms with Gasteiger partial charge in [0.2, 0.25) is 17.7 Å². The number of rotatable bonds is 4. The third kappa shape index (κ3) is 4.46. The van der Waals surface area contributed by atoms with Crippen molar-refractivity contribution in [3.8, 4) is 5.75 Å². The Labute approximate surface area is 166 Å². The van der Waals surface area contributed by atoms with Gasteiger partial charge in [-0.15, -0.1) is 0 Å². The number of hydrogen-bond acceptors (Lipinski definition) is 4. The summed E-state index contributed by atoms with van der Waals surface area (Å²) in [7, 11) is 1.63. The lowest BCUT2D eigenvalue weighted by molar-refractivity contribution is -0.139. The molecule has 0 bridgehead atoms. The van der Waals surface area contributed by atoms with Crippen molar-refractivity contribution in [2.75, 3.05) is 33.3 Å². The quantitative estimate of drug-likeness (QED) is 0.847. The molecular weight excluding hydrogens is 358 g/mol. The van der Waals surface area contributed by atoms with Crippen LogP contribution in [0.3, 0.4) is 0 Å². The average molecular weight is 387 g/mol. The van der Waals surface area contributed by atoms with Crippen molar-refractivity contribution in [3.05, 3.63) is 29.8 Å². The number of piperidine rings is 1. The first-order valence-corrected chi connectivity index (χ1v) is 9.84. The van der Waals surface area contributed by atoms with Crippen molar-refractivity contribution >= 4 is 17.7 Å². The molecule has 2 saturated heterocycles. The van der Waals surface area contributed by atoms with E-state index < -0.39 is 0 Å². The molecule has 0 saturated carbocycles. The van der Waals surface area contributed by atoms with Crippen LogP contribution in [0.2, 0.25) is 0 Å². The van der Waals surface area contributed by atoms with E-state index in [2.05, 4.69) is 5.32 Å². The number of hydrogen-bond donors (Lipinski definition) is 1. The van der Waals surface area contributed by atoms with Crippen LogP contribution in [0.1, 0.15) is 38.2 Å². The summed E-state index contributed by atoms with van der Waals surface area (Å²) in [5.74, 6) is 0.891. The Morgan fingerprint density at radius 2 is 1.64 bits per heavy atom. The minimum Gasteiger partial charge on any atom is -0.497 e. The van der Waals surface area contributed by atoms with Gasteiger partial charge < -0.3 is 19.9 Å². The third-order valence-electron chi connectivity index (χ3n) is 5.85. The van der Waals surface area contributed by atoms with Gasteiger partial charge in [-0.25, -0.2) is 0 Å². The number of methoxy groups -OCH3 is 1. The second-order valence-electron chi connectivity index (χ2n) is 7.71. The second-order valence-corrected chi connectivity index (χ2v) is 7.71. The van der Waals surface area contributed by atoms with Crippen LogP contribution in [0, 0.1) is 5.92 Å². The number of nitrogens with zero attached hydrogens (tertiary/aromatic N) is 2. The van der Waals surface area contributed by atoms with E-state index in [1.165, 1.54) is 6.92 Å². The van der Waals surface area contributed by atoms with Crippen LogP contribution in [0.15, 0.2) is 24.3 Å². The van der Waals surface area contributed by atoms with Crippen LogP contribution in [0.25, 0.3) is 0 Å². The lowest BCUT2D eigenvalue weighted by atomic mass is 9.94. The molecule has 7 nitrogen and oxygen atoms in total. The van der Waals surface area contributed by atoms with Gasteiger partial charge in [-0.05, 0) is 30.5 Å². The van der Waals surface area contributed by atoms with E-state index in [1.54, 1.807) is 18.9 Å². The maximum Gasteiger partial charge on any atom is 0.225 e. The summed E-state index contributed by atoms with van der Waals surface area (Å²) < 4.78 is 5.23. The molecule has 2 aliphatic rings. The molecule has 2 aliphatic heterocycles. The van der Waals surface area contributed by atoms with E-state index in [0.717, 1.165) is 11.3 Å². The van der Waals surface area contributed by atoms with E-state index >= 15 is 0 Å². The molecule has 152 valence electrons. The van der Waals surface area contributed by atoms with Gasteiger partial charge in [-0.3, -0.25) is 14.4 Å². The summed E-state index contributed by atoms with van der Waals surface area (Å²) >= 11 is 0. The van der Waals surface area contributed by atoms with E-state index in [9.17, 15) is 14.4 Å². The highest BCUT2D eigenvalue weighted by Crippen LogP contribution is 2.31. The van der Waals surface area contributed by atoms with Crippen LogP contribution in [0.5, 0.6) is 5.75 Å². The zero-order valence-corrected chi connectivity index (χ0v) is 16.8. The van der Waals surface area contributed by atoms with Gasteiger partial charge in [0, 0.05) is 51.9 Å². The van der Waals surface area contributed by atoms with Gasteiger partial charge in [0.05, 0.1) is 13.2 Å². The van der Waals surface area contributed by atoms with Crippen molar-refractivity contribution in [1.29, 1.82) is 0 Å². The molecule has 2 fully saturated rings. The Hall–Kier alpha value is -2.57. The van der Waals surface area contributed by atoms with Gasteiger partial charge in [0.25, 0.3) is 0 Å². The molecule has 28 heavy (non-hydrogen) atoms. The minimum atomic E-state index is -0.104. The summed E-state index contributed by atoms with van der Waals surface area (Å²) in [4.78, 5) is 39.9. The largest absolute Gasteiger partial charge is 0.497 e. The minimum absolute atomic E-state index is 0.0519. The zero-order valence-electron chi connectivity index (χ0n) is 16.8. The number of amides is 3. The first kappa shape index (κ1) is 20.2. The van der Waals surface area contributed by atoms with E-state index in [1.807, 2.05) is 29.2 Å². The van der Waals surface area contributed by atoms with Crippen molar-refractivity contribution in [2.45, 2.75) is 38.6 Å². The molecule has 3 amide bonds. The molecule has 0 radical (unpaired) electrons. The van der Waals surface area contributed by atoms with Gasteiger partial charge in [-0.2, -0.15) is 0 Å². The number of nitrogens with one attached hydrogen (secondary N) is 1. The van der Waals surface area contributed by atoms with Gasteiger partial charge in [0.15, 0.2) is 0 Å². The lowest BCUT2D eigenvalue weighted by Crippen LogP contribution is -2.44. The fourth-order valence-electron chi connectivity index (χ4n) is 4.28. The molecule has 7 heteroatoms. The number of carbonyl (C=O) groups is 3. The van der Waals surface area contributed by atoms with E-state index in [-0.39, 0.29) is 35.6 Å². The maximum atomic E-state index is 13.1. The Bertz CT molecular complexity index is 726. The van der Waals surface area contributed by atoms with Crippen LogP contribution < -0.4 is 10.1 Å². The summed E-state index contributed by atoms with van der Waals surface area (Å²) in [6, 6.07) is 7.70. The molecule has 1 N–H and O–H groups in total. The van der Waals surface area contributed by atoms with Gasteiger partial charge >= 0.3 is 0 Å². The Balaban J connectivity index is 1.69. The molecule has 0 aromatic heterocycles. The number of ether oxygens (including phenoxy) is 1. The van der Waals surface area contributed by atoms with Crippen LogP contribution >= 0.6 is 0 Å². The smallest absolute Gasteiger partial charge is 0.225 e. The highest BCUT2D eigenvalue weighted by Gasteiger charge is 2.39. The van der Waals surface area contributed by atoms with E-state index in [0.29, 0.717) is 39.0 Å². The van der Waals surface area contributed by atoms with Crippen molar-refractivity contribution in [3.63, 3.8) is 0 Å². The highest BCUT2D eigenvalue weighted by atomic mass is 16.5.